The van der Waals surface area contributed by atoms with Crippen LogP contribution in [0.4, 0.5) is 0 Å². The van der Waals surface area contributed by atoms with Crippen molar-refractivity contribution in [3.8, 4) is 0 Å². The molecule has 0 spiro atoms. The van der Waals surface area contributed by atoms with Gasteiger partial charge in [-0.1, -0.05) is 13.0 Å². The lowest BCUT2D eigenvalue weighted by Crippen LogP contribution is -2.22. The summed E-state index contributed by atoms with van der Waals surface area (Å²) in [5, 5.41) is 3.50. The highest BCUT2D eigenvalue weighted by molar-refractivity contribution is 7.09. The van der Waals surface area contributed by atoms with E-state index in [1.165, 1.54) is 10.4 Å². The van der Waals surface area contributed by atoms with Gasteiger partial charge in [-0.05, 0) is 25.1 Å². The Hall–Kier alpha value is -1.26. The fraction of sp³-hybridized carbons (Fsp3) is 0.385. The van der Waals surface area contributed by atoms with E-state index in [4.69, 9.17) is 0 Å². The molecule has 0 aliphatic heterocycles. The Labute approximate surface area is 106 Å². The van der Waals surface area contributed by atoms with Crippen LogP contribution in [0.5, 0.6) is 0 Å². The van der Waals surface area contributed by atoms with Crippen molar-refractivity contribution in [3.63, 3.8) is 0 Å². The van der Waals surface area contributed by atoms with Gasteiger partial charge in [0.1, 0.15) is 0 Å². The molecular weight excluding hydrogens is 230 g/mol. The SMILES string of the molecule is CCNC(Cc1cncs1)c1ccc(C)nc1. The number of hydrogen-bond acceptors (Lipinski definition) is 4. The van der Waals surface area contributed by atoms with Gasteiger partial charge in [0.15, 0.2) is 0 Å². The highest BCUT2D eigenvalue weighted by Crippen LogP contribution is 2.19. The molecule has 0 radical (unpaired) electrons. The summed E-state index contributed by atoms with van der Waals surface area (Å²) in [6, 6.07) is 4.54. The number of aryl methyl sites for hydroxylation is 1. The first-order chi connectivity index (χ1) is 8.29. The van der Waals surface area contributed by atoms with Gasteiger partial charge in [0, 0.05) is 35.4 Å². The predicted octanol–water partition coefficient (Wildman–Crippen LogP) is 2.74. The van der Waals surface area contributed by atoms with Gasteiger partial charge in [0.25, 0.3) is 0 Å². The summed E-state index contributed by atoms with van der Waals surface area (Å²) in [7, 11) is 0. The maximum absolute atomic E-state index is 4.36. The minimum atomic E-state index is 0.327. The Morgan fingerprint density at radius 2 is 2.24 bits per heavy atom. The molecule has 1 atom stereocenters. The van der Waals surface area contributed by atoms with Crippen LogP contribution in [-0.2, 0) is 6.42 Å². The third-order valence-electron chi connectivity index (χ3n) is 2.68. The minimum absolute atomic E-state index is 0.327. The Morgan fingerprint density at radius 3 is 2.82 bits per heavy atom. The highest BCUT2D eigenvalue weighted by atomic mass is 32.1. The van der Waals surface area contributed by atoms with E-state index in [-0.39, 0.29) is 0 Å². The summed E-state index contributed by atoms with van der Waals surface area (Å²) < 4.78 is 0. The van der Waals surface area contributed by atoms with Crippen LogP contribution >= 0.6 is 11.3 Å². The maximum Gasteiger partial charge on any atom is 0.0794 e. The van der Waals surface area contributed by atoms with Gasteiger partial charge >= 0.3 is 0 Å². The van der Waals surface area contributed by atoms with E-state index in [1.54, 1.807) is 11.3 Å². The number of thiazole rings is 1. The molecule has 0 saturated heterocycles. The molecule has 0 fully saturated rings. The molecule has 1 unspecified atom stereocenters. The molecule has 2 rings (SSSR count). The average Bonchev–Trinajstić information content (AvgIpc) is 2.82. The molecule has 2 aromatic heterocycles. The van der Waals surface area contributed by atoms with E-state index < -0.39 is 0 Å². The Balaban J connectivity index is 2.13. The smallest absolute Gasteiger partial charge is 0.0794 e. The number of aromatic nitrogens is 2. The van der Waals surface area contributed by atoms with E-state index in [0.717, 1.165) is 18.7 Å². The normalized spacial score (nSPS) is 12.6. The molecule has 2 aromatic rings. The molecule has 0 amide bonds. The first kappa shape index (κ1) is 12.2. The molecular formula is C13H17N3S. The lowest BCUT2D eigenvalue weighted by Gasteiger charge is -2.17. The summed E-state index contributed by atoms with van der Waals surface area (Å²) in [5.74, 6) is 0. The maximum atomic E-state index is 4.36. The standard InChI is InChI=1S/C13H17N3S/c1-3-15-13(6-12-8-14-9-17-12)11-5-4-10(2)16-7-11/h4-5,7-9,13,15H,3,6H2,1-2H3. The number of rotatable bonds is 5. The van der Waals surface area contributed by atoms with Crippen LogP contribution in [0.1, 0.15) is 29.1 Å². The minimum Gasteiger partial charge on any atom is -0.310 e. The van der Waals surface area contributed by atoms with Gasteiger partial charge in [-0.25, -0.2) is 0 Å². The van der Waals surface area contributed by atoms with Crippen molar-refractivity contribution >= 4 is 11.3 Å². The number of pyridine rings is 1. The van der Waals surface area contributed by atoms with Crippen molar-refractivity contribution in [2.24, 2.45) is 0 Å². The molecule has 2 heterocycles. The topological polar surface area (TPSA) is 37.8 Å². The second-order valence-corrected chi connectivity index (χ2v) is 4.99. The zero-order valence-corrected chi connectivity index (χ0v) is 11.0. The van der Waals surface area contributed by atoms with Crippen molar-refractivity contribution < 1.29 is 0 Å². The molecule has 17 heavy (non-hydrogen) atoms. The molecule has 0 aliphatic carbocycles. The molecule has 0 saturated carbocycles. The summed E-state index contributed by atoms with van der Waals surface area (Å²) in [6.45, 7) is 5.09. The van der Waals surface area contributed by atoms with Gasteiger partial charge in [-0.3, -0.25) is 9.97 Å². The second-order valence-electron chi connectivity index (χ2n) is 4.02. The molecule has 0 bridgehead atoms. The van der Waals surface area contributed by atoms with Crippen molar-refractivity contribution in [2.75, 3.05) is 6.54 Å². The van der Waals surface area contributed by atoms with Gasteiger partial charge in [-0.2, -0.15) is 0 Å². The molecule has 4 heteroatoms. The van der Waals surface area contributed by atoms with E-state index in [0.29, 0.717) is 6.04 Å². The molecule has 1 N–H and O–H groups in total. The van der Waals surface area contributed by atoms with Crippen molar-refractivity contribution in [3.05, 3.63) is 46.2 Å². The predicted molar refractivity (Wildman–Crippen MR) is 71.2 cm³/mol. The number of nitrogens with zero attached hydrogens (tertiary/aromatic N) is 2. The number of hydrogen-bond donors (Lipinski definition) is 1. The zero-order valence-electron chi connectivity index (χ0n) is 10.2. The Bertz CT molecular complexity index is 436. The van der Waals surface area contributed by atoms with E-state index >= 15 is 0 Å². The third-order valence-corrected chi connectivity index (χ3v) is 3.48. The van der Waals surface area contributed by atoms with Gasteiger partial charge in [-0.15, -0.1) is 11.3 Å². The van der Waals surface area contributed by atoms with E-state index in [1.807, 2.05) is 24.8 Å². The fourth-order valence-electron chi connectivity index (χ4n) is 1.78. The highest BCUT2D eigenvalue weighted by Gasteiger charge is 2.12. The van der Waals surface area contributed by atoms with Crippen molar-refractivity contribution in [2.45, 2.75) is 26.3 Å². The van der Waals surface area contributed by atoms with Crippen molar-refractivity contribution in [1.82, 2.24) is 15.3 Å². The average molecular weight is 247 g/mol. The van der Waals surface area contributed by atoms with E-state index in [2.05, 4.69) is 34.3 Å². The quantitative estimate of drug-likeness (QED) is 0.883. The van der Waals surface area contributed by atoms with Crippen LogP contribution in [0.15, 0.2) is 30.0 Å². The summed E-state index contributed by atoms with van der Waals surface area (Å²) in [5.41, 5.74) is 4.18. The zero-order chi connectivity index (χ0) is 12.1. The first-order valence-corrected chi connectivity index (χ1v) is 6.71. The lowest BCUT2D eigenvalue weighted by atomic mass is 10.0. The second kappa shape index (κ2) is 5.89. The summed E-state index contributed by atoms with van der Waals surface area (Å²) >= 11 is 1.70. The van der Waals surface area contributed by atoms with Crippen molar-refractivity contribution in [1.29, 1.82) is 0 Å². The van der Waals surface area contributed by atoms with Crippen LogP contribution in [0.2, 0.25) is 0 Å². The fourth-order valence-corrected chi connectivity index (χ4v) is 2.43. The third kappa shape index (κ3) is 3.35. The summed E-state index contributed by atoms with van der Waals surface area (Å²) in [6.07, 6.45) is 4.88. The van der Waals surface area contributed by atoms with Crippen LogP contribution in [0.3, 0.4) is 0 Å². The lowest BCUT2D eigenvalue weighted by molar-refractivity contribution is 0.551. The van der Waals surface area contributed by atoms with Crippen LogP contribution < -0.4 is 5.32 Å². The largest absolute Gasteiger partial charge is 0.310 e. The van der Waals surface area contributed by atoms with Crippen LogP contribution in [-0.4, -0.2) is 16.5 Å². The molecule has 0 aliphatic rings. The van der Waals surface area contributed by atoms with Crippen LogP contribution in [0, 0.1) is 6.92 Å². The van der Waals surface area contributed by atoms with E-state index in [9.17, 15) is 0 Å². The molecule has 90 valence electrons. The Kier molecular flexibility index (Phi) is 4.23. The summed E-state index contributed by atoms with van der Waals surface area (Å²) in [4.78, 5) is 9.78. The number of nitrogens with one attached hydrogen (secondary N) is 1. The Morgan fingerprint density at radius 1 is 1.35 bits per heavy atom. The molecule has 3 nitrogen and oxygen atoms in total. The van der Waals surface area contributed by atoms with Crippen LogP contribution in [0.25, 0.3) is 0 Å². The molecule has 0 aromatic carbocycles. The first-order valence-electron chi connectivity index (χ1n) is 5.83. The van der Waals surface area contributed by atoms with Gasteiger partial charge in [0.2, 0.25) is 0 Å². The number of likely N-dealkylation sites (N-methyl/N-ethyl adjacent to an activating group) is 1. The van der Waals surface area contributed by atoms with Gasteiger partial charge in [0.05, 0.1) is 5.51 Å². The van der Waals surface area contributed by atoms with Gasteiger partial charge < -0.3 is 5.32 Å². The monoisotopic (exact) mass is 247 g/mol.